The third kappa shape index (κ3) is 0.839. The molecule has 0 N–H and O–H groups in total. The van der Waals surface area contributed by atoms with Crippen LogP contribution in [-0.2, 0) is 4.79 Å². The van der Waals surface area contributed by atoms with Crippen molar-refractivity contribution in [1.29, 1.82) is 0 Å². The van der Waals surface area contributed by atoms with Crippen LogP contribution in [0.4, 0.5) is 0 Å². The molecular formula is C14H16O. The van der Waals surface area contributed by atoms with Crippen molar-refractivity contribution < 1.29 is 4.79 Å². The molecule has 0 radical (unpaired) electrons. The van der Waals surface area contributed by atoms with Gasteiger partial charge in [-0.2, -0.15) is 0 Å². The van der Waals surface area contributed by atoms with E-state index in [0.29, 0.717) is 23.5 Å². The van der Waals surface area contributed by atoms with E-state index in [2.05, 4.69) is 24.3 Å². The summed E-state index contributed by atoms with van der Waals surface area (Å²) >= 11 is 0. The van der Waals surface area contributed by atoms with E-state index in [-0.39, 0.29) is 5.41 Å². The first kappa shape index (κ1) is 8.32. The highest BCUT2D eigenvalue weighted by atomic mass is 16.1. The lowest BCUT2D eigenvalue weighted by Crippen LogP contribution is -2.28. The Morgan fingerprint density at radius 3 is 2.60 bits per heavy atom. The van der Waals surface area contributed by atoms with Gasteiger partial charge in [0, 0.05) is 11.3 Å². The number of hydrogen-bond acceptors (Lipinski definition) is 1. The van der Waals surface area contributed by atoms with Crippen molar-refractivity contribution in [2.75, 3.05) is 0 Å². The Labute approximate surface area is 90.2 Å². The highest BCUT2D eigenvalue weighted by Crippen LogP contribution is 2.61. The molecule has 0 heterocycles. The van der Waals surface area contributed by atoms with Crippen LogP contribution in [0.5, 0.6) is 0 Å². The van der Waals surface area contributed by atoms with E-state index in [1.165, 1.54) is 12.8 Å². The Balaban J connectivity index is 1.74. The Morgan fingerprint density at radius 2 is 1.87 bits per heavy atom. The molecule has 0 saturated heterocycles. The summed E-state index contributed by atoms with van der Waals surface area (Å²) in [6, 6.07) is 0. The van der Waals surface area contributed by atoms with Crippen LogP contribution < -0.4 is 0 Å². The van der Waals surface area contributed by atoms with Crippen molar-refractivity contribution in [3.05, 3.63) is 24.3 Å². The fourth-order valence-electron chi connectivity index (χ4n) is 4.57. The molecule has 2 unspecified atom stereocenters. The highest BCUT2D eigenvalue weighted by Gasteiger charge is 2.60. The summed E-state index contributed by atoms with van der Waals surface area (Å²) in [5, 5.41) is 0. The minimum Gasteiger partial charge on any atom is -0.299 e. The Morgan fingerprint density at radius 1 is 1.13 bits per heavy atom. The number of rotatable bonds is 0. The van der Waals surface area contributed by atoms with Gasteiger partial charge in [-0.3, -0.25) is 4.79 Å². The quantitative estimate of drug-likeness (QED) is 0.549. The van der Waals surface area contributed by atoms with Crippen LogP contribution in [0.2, 0.25) is 0 Å². The monoisotopic (exact) mass is 200 g/mol. The van der Waals surface area contributed by atoms with Gasteiger partial charge in [0.1, 0.15) is 5.78 Å². The molecule has 78 valence electrons. The van der Waals surface area contributed by atoms with Gasteiger partial charge in [-0.1, -0.05) is 24.3 Å². The third-order valence-corrected chi connectivity index (χ3v) is 5.26. The van der Waals surface area contributed by atoms with Gasteiger partial charge in [-0.25, -0.2) is 0 Å². The van der Waals surface area contributed by atoms with Crippen LogP contribution in [0.15, 0.2) is 24.3 Å². The van der Waals surface area contributed by atoms with Gasteiger partial charge < -0.3 is 0 Å². The molecular weight excluding hydrogens is 184 g/mol. The zero-order valence-corrected chi connectivity index (χ0v) is 8.86. The molecule has 1 heteroatoms. The molecule has 2 bridgehead atoms. The molecule has 0 amide bonds. The molecule has 2 fully saturated rings. The largest absolute Gasteiger partial charge is 0.299 e. The lowest BCUT2D eigenvalue weighted by Gasteiger charge is -2.23. The summed E-state index contributed by atoms with van der Waals surface area (Å²) in [5.41, 5.74) is 0.0538. The standard InChI is InChI=1S/C14H16O/c15-13-12-10-4-3-9(7-10)11(12)8-14(13)5-1-2-6-14/h1-4,9-12H,5-8H2/t9?,10?,11-,12+/m1/s1. The molecule has 0 aliphatic heterocycles. The smallest absolute Gasteiger partial charge is 0.143 e. The van der Waals surface area contributed by atoms with E-state index >= 15 is 0 Å². The zero-order valence-electron chi connectivity index (χ0n) is 8.86. The second kappa shape index (κ2) is 2.45. The van der Waals surface area contributed by atoms with Gasteiger partial charge in [0.05, 0.1) is 0 Å². The number of ketones is 1. The van der Waals surface area contributed by atoms with Crippen LogP contribution in [0.1, 0.15) is 25.7 Å². The second-order valence-electron chi connectivity index (χ2n) is 5.87. The lowest BCUT2D eigenvalue weighted by molar-refractivity contribution is -0.129. The van der Waals surface area contributed by atoms with Crippen molar-refractivity contribution in [3.8, 4) is 0 Å². The van der Waals surface area contributed by atoms with E-state index in [9.17, 15) is 4.79 Å². The average molecular weight is 200 g/mol. The van der Waals surface area contributed by atoms with Crippen LogP contribution in [0.25, 0.3) is 0 Å². The summed E-state index contributed by atoms with van der Waals surface area (Å²) in [6.07, 6.45) is 13.6. The predicted molar refractivity (Wildman–Crippen MR) is 58.1 cm³/mol. The minimum absolute atomic E-state index is 0.0538. The summed E-state index contributed by atoms with van der Waals surface area (Å²) in [6.45, 7) is 0. The predicted octanol–water partition coefficient (Wildman–Crippen LogP) is 2.73. The summed E-state index contributed by atoms with van der Waals surface area (Å²) in [4.78, 5) is 12.5. The highest BCUT2D eigenvalue weighted by molar-refractivity contribution is 5.91. The van der Waals surface area contributed by atoms with Gasteiger partial charge in [0.15, 0.2) is 0 Å². The van der Waals surface area contributed by atoms with Crippen LogP contribution in [0, 0.1) is 29.1 Å². The molecule has 2 saturated carbocycles. The average Bonchev–Trinajstić information content (AvgIpc) is 2.94. The third-order valence-electron chi connectivity index (χ3n) is 5.26. The summed E-state index contributed by atoms with van der Waals surface area (Å²) < 4.78 is 0. The van der Waals surface area contributed by atoms with Crippen LogP contribution >= 0.6 is 0 Å². The molecule has 0 aromatic carbocycles. The molecule has 0 aromatic heterocycles. The van der Waals surface area contributed by atoms with Crippen molar-refractivity contribution in [2.45, 2.75) is 25.7 Å². The van der Waals surface area contributed by atoms with Crippen molar-refractivity contribution >= 4 is 5.78 Å². The van der Waals surface area contributed by atoms with E-state index in [0.717, 1.165) is 18.8 Å². The molecule has 4 aliphatic carbocycles. The van der Waals surface area contributed by atoms with E-state index < -0.39 is 0 Å². The Hall–Kier alpha value is -0.850. The van der Waals surface area contributed by atoms with Gasteiger partial charge >= 0.3 is 0 Å². The molecule has 1 nitrogen and oxygen atoms in total. The maximum Gasteiger partial charge on any atom is 0.143 e. The van der Waals surface area contributed by atoms with E-state index in [4.69, 9.17) is 0 Å². The fraction of sp³-hybridized carbons (Fsp3) is 0.643. The Kier molecular flexibility index (Phi) is 1.36. The molecule has 0 aromatic rings. The number of allylic oxidation sites excluding steroid dienone is 4. The lowest BCUT2D eigenvalue weighted by atomic mass is 9.79. The van der Waals surface area contributed by atoms with Gasteiger partial charge in [0.2, 0.25) is 0 Å². The topological polar surface area (TPSA) is 17.1 Å². The zero-order chi connectivity index (χ0) is 10.0. The minimum atomic E-state index is 0.0538. The number of fused-ring (bicyclic) bond motifs is 5. The molecule has 15 heavy (non-hydrogen) atoms. The normalized spacial score (nSPS) is 48.4. The molecule has 1 spiro atoms. The summed E-state index contributed by atoms with van der Waals surface area (Å²) in [5.74, 6) is 3.05. The molecule has 4 atom stereocenters. The van der Waals surface area contributed by atoms with Crippen molar-refractivity contribution in [2.24, 2.45) is 29.1 Å². The first-order valence-electron chi connectivity index (χ1n) is 6.18. The summed E-state index contributed by atoms with van der Waals surface area (Å²) in [7, 11) is 0. The molecule has 4 aliphatic rings. The van der Waals surface area contributed by atoms with Crippen LogP contribution in [0.3, 0.4) is 0 Å². The first-order chi connectivity index (χ1) is 7.30. The van der Waals surface area contributed by atoms with Gasteiger partial charge in [-0.05, 0) is 43.4 Å². The maximum atomic E-state index is 12.5. The number of hydrogen-bond donors (Lipinski definition) is 0. The second-order valence-corrected chi connectivity index (χ2v) is 5.87. The number of carbonyl (C=O) groups excluding carboxylic acids is 1. The van der Waals surface area contributed by atoms with Gasteiger partial charge in [-0.15, -0.1) is 0 Å². The maximum absolute atomic E-state index is 12.5. The Bertz CT molecular complexity index is 382. The van der Waals surface area contributed by atoms with Crippen LogP contribution in [-0.4, -0.2) is 5.78 Å². The van der Waals surface area contributed by atoms with Crippen molar-refractivity contribution in [1.82, 2.24) is 0 Å². The van der Waals surface area contributed by atoms with E-state index in [1.54, 1.807) is 0 Å². The number of Topliss-reactive ketones (excluding diaryl/α,β-unsaturated/α-hetero) is 1. The first-order valence-corrected chi connectivity index (χ1v) is 6.18. The van der Waals surface area contributed by atoms with Gasteiger partial charge in [0.25, 0.3) is 0 Å². The fourth-order valence-corrected chi connectivity index (χ4v) is 4.57. The van der Waals surface area contributed by atoms with Crippen molar-refractivity contribution in [3.63, 3.8) is 0 Å². The number of carbonyl (C=O) groups is 1. The molecule has 4 rings (SSSR count). The van der Waals surface area contributed by atoms with E-state index in [1.807, 2.05) is 0 Å². The SMILES string of the molecule is O=C1[C@H]2C3C=CC(C3)[C@H]2CC12CC=CC2.